The third-order valence-corrected chi connectivity index (χ3v) is 4.23. The van der Waals surface area contributed by atoms with Gasteiger partial charge in [-0.25, -0.2) is 9.59 Å². The summed E-state index contributed by atoms with van der Waals surface area (Å²) in [6.07, 6.45) is 2.69. The Hall–Kier alpha value is -3.15. The van der Waals surface area contributed by atoms with E-state index in [4.69, 9.17) is 9.52 Å². The first-order chi connectivity index (χ1) is 11.9. The van der Waals surface area contributed by atoms with Crippen LogP contribution in [0, 0.1) is 6.92 Å². The van der Waals surface area contributed by atoms with Gasteiger partial charge in [0, 0.05) is 17.6 Å². The summed E-state index contributed by atoms with van der Waals surface area (Å²) >= 11 is 0. The molecule has 1 heterocycles. The molecule has 0 bridgehead atoms. The molecule has 1 N–H and O–H groups in total. The maximum Gasteiger partial charge on any atom is 0.372 e. The van der Waals surface area contributed by atoms with Crippen molar-refractivity contribution in [3.8, 4) is 0 Å². The molecule has 2 aromatic rings. The van der Waals surface area contributed by atoms with Gasteiger partial charge in [0.05, 0.1) is 18.2 Å². The van der Waals surface area contributed by atoms with E-state index in [1.54, 1.807) is 37.3 Å². The number of furan rings is 1. The number of hydrogen-bond donors (Lipinski definition) is 1. The fourth-order valence-corrected chi connectivity index (χ4v) is 2.94. The van der Waals surface area contributed by atoms with Gasteiger partial charge in [-0.2, -0.15) is 0 Å². The summed E-state index contributed by atoms with van der Waals surface area (Å²) in [4.78, 5) is 35.3. The van der Waals surface area contributed by atoms with E-state index in [0.717, 1.165) is 5.56 Å². The molecule has 1 aliphatic rings. The van der Waals surface area contributed by atoms with E-state index in [1.165, 1.54) is 7.11 Å². The molecule has 6 nitrogen and oxygen atoms in total. The van der Waals surface area contributed by atoms with Gasteiger partial charge in [-0.15, -0.1) is 0 Å². The zero-order valence-corrected chi connectivity index (χ0v) is 13.8. The van der Waals surface area contributed by atoms with Crippen molar-refractivity contribution in [1.82, 2.24) is 0 Å². The van der Waals surface area contributed by atoms with Crippen LogP contribution in [0.5, 0.6) is 0 Å². The number of aryl methyl sites for hydroxylation is 1. The van der Waals surface area contributed by atoms with Crippen LogP contribution in [0.1, 0.15) is 54.6 Å². The highest BCUT2D eigenvalue weighted by atomic mass is 16.5. The van der Waals surface area contributed by atoms with Crippen LogP contribution in [-0.4, -0.2) is 29.9 Å². The number of esters is 1. The molecule has 0 radical (unpaired) electrons. The highest BCUT2D eigenvalue weighted by Gasteiger charge is 2.31. The van der Waals surface area contributed by atoms with Crippen molar-refractivity contribution in [2.24, 2.45) is 0 Å². The molecular formula is C19H16O6. The van der Waals surface area contributed by atoms with Gasteiger partial charge in [-0.3, -0.25) is 4.79 Å². The number of carbonyl (C=O) groups excluding carboxylic acids is 2. The quantitative estimate of drug-likeness (QED) is 0.681. The Labute approximate surface area is 143 Å². The summed E-state index contributed by atoms with van der Waals surface area (Å²) < 4.78 is 9.97. The summed E-state index contributed by atoms with van der Waals surface area (Å²) in [6, 6.07) is 6.71. The van der Waals surface area contributed by atoms with Crippen LogP contribution >= 0.6 is 0 Å². The van der Waals surface area contributed by atoms with E-state index < -0.39 is 11.9 Å². The molecule has 0 fully saturated rings. The number of benzene rings is 1. The van der Waals surface area contributed by atoms with Gasteiger partial charge in [-0.1, -0.05) is 12.1 Å². The molecule has 1 aromatic carbocycles. The number of carboxylic acid groups (broad SMARTS) is 1. The van der Waals surface area contributed by atoms with E-state index in [1.807, 2.05) is 0 Å². The molecule has 6 heteroatoms. The smallest absolute Gasteiger partial charge is 0.372 e. The summed E-state index contributed by atoms with van der Waals surface area (Å²) in [5, 5.41) is 9.14. The Morgan fingerprint density at radius 2 is 1.88 bits per heavy atom. The van der Waals surface area contributed by atoms with Crippen molar-refractivity contribution in [3.05, 3.63) is 63.6 Å². The molecule has 0 saturated heterocycles. The Bertz CT molecular complexity index is 899. The first kappa shape index (κ1) is 16.7. The monoisotopic (exact) mass is 340 g/mol. The Morgan fingerprint density at radius 3 is 2.48 bits per heavy atom. The standard InChI is InChI=1S/C19H16O6/c1-10-15-14(25-17(10)18(21)22)8-7-13(16(15)20)9-11-3-5-12(6-4-11)19(23)24-2/h3-6,9H,7-8H2,1-2H3,(H,21,22). The largest absolute Gasteiger partial charge is 0.475 e. The van der Waals surface area contributed by atoms with Crippen LogP contribution in [0.25, 0.3) is 6.08 Å². The summed E-state index contributed by atoms with van der Waals surface area (Å²) in [7, 11) is 1.31. The van der Waals surface area contributed by atoms with Crippen molar-refractivity contribution < 1.29 is 28.6 Å². The average molecular weight is 340 g/mol. The second-order valence-corrected chi connectivity index (χ2v) is 5.77. The van der Waals surface area contributed by atoms with Crippen molar-refractivity contribution >= 4 is 23.8 Å². The molecule has 1 aliphatic carbocycles. The highest BCUT2D eigenvalue weighted by molar-refractivity contribution is 6.14. The van der Waals surface area contributed by atoms with Crippen LogP contribution in [0.15, 0.2) is 34.3 Å². The number of ketones is 1. The minimum Gasteiger partial charge on any atom is -0.475 e. The third-order valence-electron chi connectivity index (χ3n) is 4.23. The summed E-state index contributed by atoms with van der Waals surface area (Å²) in [5.74, 6) is -1.57. The van der Waals surface area contributed by atoms with Gasteiger partial charge < -0.3 is 14.3 Å². The lowest BCUT2D eigenvalue weighted by Crippen LogP contribution is -2.13. The van der Waals surface area contributed by atoms with Crippen LogP contribution in [0.3, 0.4) is 0 Å². The SMILES string of the molecule is COC(=O)c1ccc(C=C2CCc3oc(C(=O)O)c(C)c3C2=O)cc1. The molecule has 0 saturated carbocycles. The zero-order chi connectivity index (χ0) is 18.1. The lowest BCUT2D eigenvalue weighted by Gasteiger charge is -2.13. The van der Waals surface area contributed by atoms with Crippen molar-refractivity contribution in [2.75, 3.05) is 7.11 Å². The lowest BCUT2D eigenvalue weighted by molar-refractivity contribution is 0.0599. The number of allylic oxidation sites excluding steroid dienone is 1. The molecule has 0 amide bonds. The number of ether oxygens (including phenoxy) is 1. The first-order valence-electron chi connectivity index (χ1n) is 7.71. The van der Waals surface area contributed by atoms with Crippen molar-refractivity contribution in [1.29, 1.82) is 0 Å². The van der Waals surface area contributed by atoms with Gasteiger partial charge in [0.2, 0.25) is 5.76 Å². The number of aromatic carboxylic acids is 1. The maximum absolute atomic E-state index is 12.7. The Balaban J connectivity index is 1.92. The second kappa shape index (κ2) is 6.39. The number of Topliss-reactive ketones (excluding diaryl/α,β-unsaturated/α-hetero) is 1. The van der Waals surface area contributed by atoms with Gasteiger partial charge in [-0.05, 0) is 37.1 Å². The minimum atomic E-state index is -1.18. The van der Waals surface area contributed by atoms with Gasteiger partial charge in [0.15, 0.2) is 5.78 Å². The van der Waals surface area contributed by atoms with E-state index in [2.05, 4.69) is 4.74 Å². The van der Waals surface area contributed by atoms with Crippen molar-refractivity contribution in [2.45, 2.75) is 19.8 Å². The number of fused-ring (bicyclic) bond motifs is 1. The maximum atomic E-state index is 12.7. The van der Waals surface area contributed by atoms with Crippen LogP contribution in [0.4, 0.5) is 0 Å². The average Bonchev–Trinajstić information content (AvgIpc) is 2.95. The van der Waals surface area contributed by atoms with Crippen LogP contribution < -0.4 is 0 Å². The van der Waals surface area contributed by atoms with E-state index in [0.29, 0.717) is 40.9 Å². The van der Waals surface area contributed by atoms with Gasteiger partial charge >= 0.3 is 11.9 Å². The van der Waals surface area contributed by atoms with Crippen LogP contribution in [-0.2, 0) is 11.2 Å². The lowest BCUT2D eigenvalue weighted by atomic mass is 9.88. The Morgan fingerprint density at radius 1 is 1.20 bits per heavy atom. The predicted octanol–water partition coefficient (Wildman–Crippen LogP) is 3.29. The molecule has 3 rings (SSSR count). The summed E-state index contributed by atoms with van der Waals surface area (Å²) in [6.45, 7) is 1.58. The summed E-state index contributed by atoms with van der Waals surface area (Å²) in [5.41, 5.74) is 2.50. The molecular weight excluding hydrogens is 324 g/mol. The number of carbonyl (C=O) groups is 3. The van der Waals surface area contributed by atoms with Crippen LogP contribution in [0.2, 0.25) is 0 Å². The number of hydrogen-bond acceptors (Lipinski definition) is 5. The third kappa shape index (κ3) is 2.98. The molecule has 1 aromatic heterocycles. The predicted molar refractivity (Wildman–Crippen MR) is 88.8 cm³/mol. The van der Waals surface area contributed by atoms with E-state index in [-0.39, 0.29) is 11.5 Å². The minimum absolute atomic E-state index is 0.179. The second-order valence-electron chi connectivity index (χ2n) is 5.77. The number of methoxy groups -OCH3 is 1. The molecule has 0 spiro atoms. The van der Waals surface area contributed by atoms with E-state index >= 15 is 0 Å². The molecule has 0 unspecified atom stereocenters. The topological polar surface area (TPSA) is 93.8 Å². The normalized spacial score (nSPS) is 15.1. The fraction of sp³-hybridized carbons (Fsp3) is 0.211. The fourth-order valence-electron chi connectivity index (χ4n) is 2.94. The molecule has 25 heavy (non-hydrogen) atoms. The molecule has 0 aliphatic heterocycles. The number of rotatable bonds is 3. The highest BCUT2D eigenvalue weighted by Crippen LogP contribution is 2.32. The number of carboxylic acids is 1. The van der Waals surface area contributed by atoms with Gasteiger partial charge in [0.1, 0.15) is 5.76 Å². The van der Waals surface area contributed by atoms with Gasteiger partial charge in [0.25, 0.3) is 0 Å². The van der Waals surface area contributed by atoms with E-state index in [9.17, 15) is 14.4 Å². The Kier molecular flexibility index (Phi) is 4.27. The molecule has 128 valence electrons. The zero-order valence-electron chi connectivity index (χ0n) is 13.8. The van der Waals surface area contributed by atoms with Crippen molar-refractivity contribution in [3.63, 3.8) is 0 Å². The first-order valence-corrected chi connectivity index (χ1v) is 7.71. The molecule has 0 atom stereocenters.